The Morgan fingerprint density at radius 1 is 1.61 bits per heavy atom. The van der Waals surface area contributed by atoms with E-state index in [0.29, 0.717) is 5.82 Å². The van der Waals surface area contributed by atoms with Crippen molar-refractivity contribution in [2.75, 3.05) is 30.5 Å². The van der Waals surface area contributed by atoms with E-state index in [9.17, 15) is 4.79 Å². The van der Waals surface area contributed by atoms with Crippen LogP contribution < -0.4 is 21.5 Å². The molecule has 1 saturated heterocycles. The maximum atomic E-state index is 11.7. The fourth-order valence-corrected chi connectivity index (χ4v) is 2.32. The highest BCUT2D eigenvalue weighted by molar-refractivity contribution is 5.79. The summed E-state index contributed by atoms with van der Waals surface area (Å²) >= 11 is 0. The number of rotatable bonds is 3. The lowest BCUT2D eigenvalue weighted by Gasteiger charge is -2.33. The number of nitrogen functional groups attached to an aromatic ring is 1. The van der Waals surface area contributed by atoms with Crippen LogP contribution in [0.4, 0.5) is 11.5 Å². The number of nitrogens with zero attached hydrogens (tertiary/aromatic N) is 2. The Morgan fingerprint density at radius 3 is 3.17 bits per heavy atom. The molecular formula is C12H19N5O. The largest absolute Gasteiger partial charge is 0.371 e. The second kappa shape index (κ2) is 5.68. The van der Waals surface area contributed by atoms with Crippen LogP contribution in [-0.2, 0) is 4.79 Å². The fourth-order valence-electron chi connectivity index (χ4n) is 2.32. The molecule has 0 bridgehead atoms. The van der Waals surface area contributed by atoms with E-state index in [1.165, 1.54) is 0 Å². The molecule has 1 fully saturated rings. The molecular weight excluding hydrogens is 230 g/mol. The number of pyridine rings is 1. The summed E-state index contributed by atoms with van der Waals surface area (Å²) in [5.74, 6) is 6.16. The van der Waals surface area contributed by atoms with Crippen LogP contribution in [0.15, 0.2) is 18.3 Å². The van der Waals surface area contributed by atoms with Crippen molar-refractivity contribution in [2.24, 2.45) is 11.8 Å². The Labute approximate surface area is 107 Å². The van der Waals surface area contributed by atoms with E-state index in [1.807, 2.05) is 12.1 Å². The molecule has 18 heavy (non-hydrogen) atoms. The summed E-state index contributed by atoms with van der Waals surface area (Å²) in [6.07, 6.45) is 3.68. The van der Waals surface area contributed by atoms with Crippen LogP contribution in [0.5, 0.6) is 0 Å². The van der Waals surface area contributed by atoms with Crippen LogP contribution in [0.2, 0.25) is 0 Å². The van der Waals surface area contributed by atoms with Crippen LogP contribution >= 0.6 is 0 Å². The van der Waals surface area contributed by atoms with E-state index in [0.717, 1.165) is 31.6 Å². The summed E-state index contributed by atoms with van der Waals surface area (Å²) in [5, 5.41) is 2.72. The lowest BCUT2D eigenvalue weighted by Crippen LogP contribution is -2.42. The maximum Gasteiger partial charge on any atom is 0.224 e. The first-order chi connectivity index (χ1) is 8.74. The zero-order valence-corrected chi connectivity index (χ0v) is 10.5. The van der Waals surface area contributed by atoms with Crippen molar-refractivity contribution in [3.63, 3.8) is 0 Å². The summed E-state index contributed by atoms with van der Waals surface area (Å²) in [6.45, 7) is 1.70. The Kier molecular flexibility index (Phi) is 3.99. The number of hydrazine groups is 1. The number of anilines is 2. The Bertz CT molecular complexity index is 423. The first-order valence-corrected chi connectivity index (χ1v) is 6.14. The molecule has 1 atom stereocenters. The molecule has 0 radical (unpaired) electrons. The minimum absolute atomic E-state index is 0.0613. The molecule has 98 valence electrons. The summed E-state index contributed by atoms with van der Waals surface area (Å²) in [4.78, 5) is 18.0. The number of nitrogens with one attached hydrogen (secondary N) is 2. The molecule has 2 rings (SSSR count). The molecule has 2 heterocycles. The van der Waals surface area contributed by atoms with E-state index < -0.39 is 0 Å². The molecule has 0 spiro atoms. The van der Waals surface area contributed by atoms with Gasteiger partial charge in [0.1, 0.15) is 5.82 Å². The van der Waals surface area contributed by atoms with Gasteiger partial charge in [0.25, 0.3) is 0 Å². The summed E-state index contributed by atoms with van der Waals surface area (Å²) in [7, 11) is 1.68. The van der Waals surface area contributed by atoms with Gasteiger partial charge in [0.05, 0.1) is 5.92 Å². The smallest absolute Gasteiger partial charge is 0.224 e. The summed E-state index contributed by atoms with van der Waals surface area (Å²) < 4.78 is 0. The van der Waals surface area contributed by atoms with Crippen LogP contribution in [0, 0.1) is 5.92 Å². The van der Waals surface area contributed by atoms with Gasteiger partial charge in [-0.25, -0.2) is 10.8 Å². The standard InChI is InChI=1S/C12H19N5O/c1-14-12(18)9-3-2-6-17(8-9)10-4-5-15-11(7-10)16-13/h4-5,7,9H,2-3,6,8,13H2,1H3,(H,14,18)(H,15,16). The van der Waals surface area contributed by atoms with Crippen LogP contribution in [-0.4, -0.2) is 31.0 Å². The zero-order valence-electron chi connectivity index (χ0n) is 10.5. The third-order valence-electron chi connectivity index (χ3n) is 3.30. The van der Waals surface area contributed by atoms with Crippen molar-refractivity contribution in [1.82, 2.24) is 10.3 Å². The lowest BCUT2D eigenvalue weighted by atomic mass is 9.97. The highest BCUT2D eigenvalue weighted by Crippen LogP contribution is 2.24. The van der Waals surface area contributed by atoms with Crippen LogP contribution in [0.25, 0.3) is 0 Å². The van der Waals surface area contributed by atoms with Crippen molar-refractivity contribution in [2.45, 2.75) is 12.8 Å². The normalized spacial score (nSPS) is 19.4. The monoisotopic (exact) mass is 249 g/mol. The number of piperidine rings is 1. The number of aromatic nitrogens is 1. The fraction of sp³-hybridized carbons (Fsp3) is 0.500. The van der Waals surface area contributed by atoms with Gasteiger partial charge < -0.3 is 15.6 Å². The van der Waals surface area contributed by atoms with Crippen molar-refractivity contribution >= 4 is 17.4 Å². The number of carbonyl (C=O) groups excluding carboxylic acids is 1. The van der Waals surface area contributed by atoms with Gasteiger partial charge in [-0.15, -0.1) is 0 Å². The van der Waals surface area contributed by atoms with E-state index >= 15 is 0 Å². The zero-order chi connectivity index (χ0) is 13.0. The number of hydrogen-bond acceptors (Lipinski definition) is 5. The van der Waals surface area contributed by atoms with Gasteiger partial charge in [-0.2, -0.15) is 0 Å². The first kappa shape index (κ1) is 12.6. The Hall–Kier alpha value is -1.82. The molecule has 1 aliphatic rings. The second-order valence-corrected chi connectivity index (χ2v) is 4.44. The molecule has 1 unspecified atom stereocenters. The van der Waals surface area contributed by atoms with Crippen molar-refractivity contribution in [1.29, 1.82) is 0 Å². The average Bonchev–Trinajstić information content (AvgIpc) is 2.46. The van der Waals surface area contributed by atoms with Gasteiger partial charge in [-0.3, -0.25) is 4.79 Å². The van der Waals surface area contributed by atoms with Gasteiger partial charge in [-0.1, -0.05) is 0 Å². The molecule has 1 aromatic rings. The molecule has 4 N–H and O–H groups in total. The lowest BCUT2D eigenvalue weighted by molar-refractivity contribution is -0.124. The van der Waals surface area contributed by atoms with E-state index in [2.05, 4.69) is 20.6 Å². The Morgan fingerprint density at radius 2 is 2.44 bits per heavy atom. The summed E-state index contributed by atoms with van der Waals surface area (Å²) in [6, 6.07) is 3.83. The van der Waals surface area contributed by atoms with E-state index in [-0.39, 0.29) is 11.8 Å². The molecule has 1 amide bonds. The predicted octanol–water partition coefficient (Wildman–Crippen LogP) is 0.330. The van der Waals surface area contributed by atoms with Crippen molar-refractivity contribution in [3.05, 3.63) is 18.3 Å². The van der Waals surface area contributed by atoms with Gasteiger partial charge in [0, 0.05) is 38.1 Å². The van der Waals surface area contributed by atoms with E-state index in [1.54, 1.807) is 13.2 Å². The first-order valence-electron chi connectivity index (χ1n) is 6.14. The molecule has 1 aromatic heterocycles. The quantitative estimate of drug-likeness (QED) is 0.531. The topological polar surface area (TPSA) is 83.3 Å². The third kappa shape index (κ3) is 2.70. The number of hydrogen-bond donors (Lipinski definition) is 3. The maximum absolute atomic E-state index is 11.7. The molecule has 0 saturated carbocycles. The minimum atomic E-state index is 0.0613. The number of nitrogens with two attached hydrogens (primary N) is 1. The minimum Gasteiger partial charge on any atom is -0.371 e. The second-order valence-electron chi connectivity index (χ2n) is 4.44. The van der Waals surface area contributed by atoms with Crippen LogP contribution in [0.3, 0.4) is 0 Å². The molecule has 0 aliphatic carbocycles. The number of carbonyl (C=O) groups is 1. The summed E-state index contributed by atoms with van der Waals surface area (Å²) in [5.41, 5.74) is 3.58. The van der Waals surface area contributed by atoms with Gasteiger partial charge >= 0.3 is 0 Å². The average molecular weight is 249 g/mol. The number of amides is 1. The van der Waals surface area contributed by atoms with Crippen molar-refractivity contribution in [3.8, 4) is 0 Å². The van der Waals surface area contributed by atoms with Crippen LogP contribution in [0.1, 0.15) is 12.8 Å². The molecule has 0 aromatic carbocycles. The molecule has 6 heteroatoms. The van der Waals surface area contributed by atoms with Crippen molar-refractivity contribution < 1.29 is 4.79 Å². The van der Waals surface area contributed by atoms with E-state index in [4.69, 9.17) is 5.84 Å². The molecule has 1 aliphatic heterocycles. The SMILES string of the molecule is CNC(=O)C1CCCN(c2ccnc(NN)c2)C1. The highest BCUT2D eigenvalue weighted by Gasteiger charge is 2.25. The van der Waals surface area contributed by atoms with Gasteiger partial charge in [0.2, 0.25) is 5.91 Å². The highest BCUT2D eigenvalue weighted by atomic mass is 16.1. The molecule has 6 nitrogen and oxygen atoms in total. The Balaban J connectivity index is 2.10. The third-order valence-corrected chi connectivity index (χ3v) is 3.30. The predicted molar refractivity (Wildman–Crippen MR) is 71.1 cm³/mol. The van der Waals surface area contributed by atoms with Gasteiger partial charge in [0.15, 0.2) is 0 Å². The van der Waals surface area contributed by atoms with Gasteiger partial charge in [-0.05, 0) is 18.9 Å².